The van der Waals surface area contributed by atoms with E-state index in [9.17, 15) is 9.59 Å². The van der Waals surface area contributed by atoms with Crippen LogP contribution in [0.5, 0.6) is 11.5 Å². The van der Waals surface area contributed by atoms with Crippen molar-refractivity contribution in [2.75, 3.05) is 13.2 Å². The van der Waals surface area contributed by atoms with Gasteiger partial charge in [-0.05, 0) is 76.9 Å². The summed E-state index contributed by atoms with van der Waals surface area (Å²) in [5.41, 5.74) is 5.20. The van der Waals surface area contributed by atoms with Crippen molar-refractivity contribution in [2.24, 2.45) is 5.92 Å². The molecule has 3 N–H and O–H groups in total. The van der Waals surface area contributed by atoms with E-state index in [0.717, 1.165) is 6.42 Å². The van der Waals surface area contributed by atoms with Crippen molar-refractivity contribution < 1.29 is 19.1 Å². The first-order valence-corrected chi connectivity index (χ1v) is 11.0. The highest BCUT2D eigenvalue weighted by Gasteiger charge is 2.11. The molecule has 0 saturated carbocycles. The molecule has 31 heavy (non-hydrogen) atoms. The summed E-state index contributed by atoms with van der Waals surface area (Å²) in [6, 6.07) is 11.7. The summed E-state index contributed by atoms with van der Waals surface area (Å²) in [6.45, 7) is 4.54. The molecule has 0 radical (unpaired) electrons. The molecular weight excluding hydrogens is 506 g/mol. The van der Waals surface area contributed by atoms with Crippen molar-refractivity contribution in [1.29, 1.82) is 0 Å². The molecule has 2 amide bonds. The zero-order chi connectivity index (χ0) is 22.8. The third-order valence-corrected chi connectivity index (χ3v) is 4.91. The Morgan fingerprint density at radius 3 is 2.61 bits per heavy atom. The molecule has 0 aliphatic heterocycles. The molecule has 0 heterocycles. The van der Waals surface area contributed by atoms with E-state index in [1.165, 1.54) is 0 Å². The second kappa shape index (κ2) is 12.5. The van der Waals surface area contributed by atoms with E-state index in [0.29, 0.717) is 39.1 Å². The molecule has 0 saturated heterocycles. The van der Waals surface area contributed by atoms with E-state index in [4.69, 9.17) is 33.3 Å². The molecular formula is C21H23BrClN3O4S. The van der Waals surface area contributed by atoms with Crippen molar-refractivity contribution in [3.8, 4) is 11.5 Å². The normalized spacial score (nSPS) is 10.4. The van der Waals surface area contributed by atoms with Crippen LogP contribution in [-0.4, -0.2) is 30.1 Å². The largest absolute Gasteiger partial charge is 0.494 e. The van der Waals surface area contributed by atoms with Gasteiger partial charge >= 0.3 is 0 Å². The summed E-state index contributed by atoms with van der Waals surface area (Å²) in [6.07, 6.45) is 0.919. The number of rotatable bonds is 8. The number of thiocarbonyl (C=S) groups is 1. The van der Waals surface area contributed by atoms with E-state index in [1.807, 2.05) is 0 Å². The van der Waals surface area contributed by atoms with Crippen LogP contribution in [0.3, 0.4) is 0 Å². The van der Waals surface area contributed by atoms with Crippen molar-refractivity contribution in [2.45, 2.75) is 20.3 Å². The molecule has 0 atom stereocenters. The molecule has 0 aromatic heterocycles. The van der Waals surface area contributed by atoms with Gasteiger partial charge in [0, 0.05) is 10.6 Å². The molecule has 0 fully saturated rings. The summed E-state index contributed by atoms with van der Waals surface area (Å²) in [7, 11) is 0. The second-order valence-electron chi connectivity index (χ2n) is 6.88. The Bertz CT molecular complexity index is 943. The molecule has 7 nitrogen and oxygen atoms in total. The van der Waals surface area contributed by atoms with E-state index in [1.54, 1.807) is 42.5 Å². The van der Waals surface area contributed by atoms with E-state index >= 15 is 0 Å². The molecule has 0 aliphatic carbocycles. The minimum atomic E-state index is -0.487. The minimum Gasteiger partial charge on any atom is -0.494 e. The third-order valence-electron chi connectivity index (χ3n) is 3.86. The maximum Gasteiger partial charge on any atom is 0.276 e. The fourth-order valence-corrected chi connectivity index (χ4v) is 3.19. The summed E-state index contributed by atoms with van der Waals surface area (Å²) in [5.74, 6) is 0.682. The number of carbonyl (C=O) groups excluding carboxylic acids is 2. The summed E-state index contributed by atoms with van der Waals surface area (Å²) in [5, 5.41) is 2.97. The van der Waals surface area contributed by atoms with Gasteiger partial charge in [-0.3, -0.25) is 25.8 Å². The van der Waals surface area contributed by atoms with Gasteiger partial charge in [0.25, 0.3) is 11.8 Å². The Labute approximate surface area is 199 Å². The van der Waals surface area contributed by atoms with Crippen LogP contribution in [0.4, 0.5) is 0 Å². The first-order valence-electron chi connectivity index (χ1n) is 9.45. The predicted octanol–water partition coefficient (Wildman–Crippen LogP) is 4.24. The SMILES string of the molecule is CC(C)CCOc1cccc(C(=O)NC(=S)NNC(=O)COc2ccc(Cl)cc2Br)c1. The Morgan fingerprint density at radius 1 is 1.13 bits per heavy atom. The number of ether oxygens (including phenoxy) is 2. The number of nitrogens with one attached hydrogen (secondary N) is 3. The third kappa shape index (κ3) is 9.12. The predicted molar refractivity (Wildman–Crippen MR) is 127 cm³/mol. The zero-order valence-corrected chi connectivity index (χ0v) is 20.2. The Morgan fingerprint density at radius 2 is 1.90 bits per heavy atom. The van der Waals surface area contributed by atoms with Crippen LogP contribution in [0.15, 0.2) is 46.9 Å². The number of halogens is 2. The molecule has 166 valence electrons. The molecule has 10 heteroatoms. The van der Waals surface area contributed by atoms with E-state index in [2.05, 4.69) is 45.9 Å². The molecule has 2 aromatic carbocycles. The topological polar surface area (TPSA) is 88.7 Å². The van der Waals surface area contributed by atoms with Gasteiger partial charge in [-0.15, -0.1) is 0 Å². The second-order valence-corrected chi connectivity index (χ2v) is 8.58. The fraction of sp³-hybridized carbons (Fsp3) is 0.286. The monoisotopic (exact) mass is 527 g/mol. The lowest BCUT2D eigenvalue weighted by Gasteiger charge is -2.13. The summed E-state index contributed by atoms with van der Waals surface area (Å²) < 4.78 is 11.7. The van der Waals surface area contributed by atoms with Gasteiger partial charge in [-0.1, -0.05) is 31.5 Å². The molecule has 0 spiro atoms. The summed E-state index contributed by atoms with van der Waals surface area (Å²) >= 11 is 14.2. The number of benzene rings is 2. The average molecular weight is 529 g/mol. The van der Waals surface area contributed by atoms with Crippen LogP contribution >= 0.6 is 39.7 Å². The molecule has 0 bridgehead atoms. The highest BCUT2D eigenvalue weighted by molar-refractivity contribution is 9.10. The lowest BCUT2D eigenvalue weighted by molar-refractivity contribution is -0.123. The van der Waals surface area contributed by atoms with Crippen LogP contribution in [-0.2, 0) is 4.79 Å². The van der Waals surface area contributed by atoms with Crippen LogP contribution in [0.25, 0.3) is 0 Å². The first kappa shape index (κ1) is 24.9. The van der Waals surface area contributed by atoms with Gasteiger partial charge in [-0.25, -0.2) is 0 Å². The Kier molecular flexibility index (Phi) is 10.0. The number of hydrogen-bond acceptors (Lipinski definition) is 5. The minimum absolute atomic E-state index is 0.0582. The summed E-state index contributed by atoms with van der Waals surface area (Å²) in [4.78, 5) is 24.3. The highest BCUT2D eigenvalue weighted by Crippen LogP contribution is 2.27. The smallest absolute Gasteiger partial charge is 0.276 e. The van der Waals surface area contributed by atoms with Crippen LogP contribution in [0.2, 0.25) is 5.02 Å². The molecule has 2 rings (SSSR count). The van der Waals surface area contributed by atoms with Crippen molar-refractivity contribution in [3.63, 3.8) is 0 Å². The van der Waals surface area contributed by atoms with Crippen molar-refractivity contribution >= 4 is 56.7 Å². The van der Waals surface area contributed by atoms with Gasteiger partial charge < -0.3 is 9.47 Å². The quantitative estimate of drug-likeness (QED) is 0.351. The number of carbonyl (C=O) groups is 2. The lowest BCUT2D eigenvalue weighted by Crippen LogP contribution is -2.49. The first-order chi connectivity index (χ1) is 14.7. The molecule has 0 aliphatic rings. The van der Waals surface area contributed by atoms with E-state index < -0.39 is 11.8 Å². The number of hydrazine groups is 1. The van der Waals surface area contributed by atoms with Crippen LogP contribution in [0, 0.1) is 5.92 Å². The van der Waals surface area contributed by atoms with Gasteiger partial charge in [0.2, 0.25) is 0 Å². The Hall–Kier alpha value is -2.36. The van der Waals surface area contributed by atoms with Gasteiger partial charge in [0.15, 0.2) is 11.7 Å². The standard InChI is InChI=1S/C21H23BrClN3O4S/c1-13(2)8-9-29-16-5-3-4-14(10-16)20(28)24-21(31)26-25-19(27)12-30-18-7-6-15(23)11-17(18)22/h3-7,10-11,13H,8-9,12H2,1-2H3,(H,25,27)(H2,24,26,28,31). The molecule has 2 aromatic rings. The average Bonchev–Trinajstić information content (AvgIpc) is 2.71. The molecule has 0 unspecified atom stereocenters. The Balaban J connectivity index is 1.76. The van der Waals surface area contributed by atoms with Crippen LogP contribution in [0.1, 0.15) is 30.6 Å². The number of hydrogen-bond donors (Lipinski definition) is 3. The maximum absolute atomic E-state index is 12.4. The zero-order valence-electron chi connectivity index (χ0n) is 17.0. The van der Waals surface area contributed by atoms with Gasteiger partial charge in [-0.2, -0.15) is 0 Å². The van der Waals surface area contributed by atoms with Crippen molar-refractivity contribution in [1.82, 2.24) is 16.2 Å². The highest BCUT2D eigenvalue weighted by atomic mass is 79.9. The number of amides is 2. The lowest BCUT2D eigenvalue weighted by atomic mass is 10.1. The van der Waals surface area contributed by atoms with Gasteiger partial charge in [0.05, 0.1) is 11.1 Å². The van der Waals surface area contributed by atoms with Gasteiger partial charge in [0.1, 0.15) is 11.5 Å². The van der Waals surface area contributed by atoms with E-state index in [-0.39, 0.29) is 11.7 Å². The van der Waals surface area contributed by atoms with Crippen molar-refractivity contribution in [3.05, 3.63) is 57.5 Å². The maximum atomic E-state index is 12.4. The fourth-order valence-electron chi connectivity index (χ4n) is 2.24. The van der Waals surface area contributed by atoms with Crippen LogP contribution < -0.4 is 25.6 Å².